The summed E-state index contributed by atoms with van der Waals surface area (Å²) in [6.07, 6.45) is 85.1. The van der Waals surface area contributed by atoms with Crippen LogP contribution in [0.3, 0.4) is 0 Å². The molecule has 0 amide bonds. The molecule has 1 atom stereocenters. The number of rotatable bonds is 68. The lowest BCUT2D eigenvalue weighted by molar-refractivity contribution is -0.167. The van der Waals surface area contributed by atoms with Gasteiger partial charge in [0.15, 0.2) is 6.10 Å². The van der Waals surface area contributed by atoms with Crippen LogP contribution in [0.25, 0.3) is 0 Å². The molecule has 0 aromatic heterocycles. The lowest BCUT2D eigenvalue weighted by atomic mass is 10.0. The molecule has 6 nitrogen and oxygen atoms in total. The molecule has 0 aliphatic carbocycles. The van der Waals surface area contributed by atoms with Gasteiger partial charge in [0.1, 0.15) is 13.2 Å². The van der Waals surface area contributed by atoms with Crippen LogP contribution >= 0.6 is 0 Å². The minimum Gasteiger partial charge on any atom is -0.462 e. The van der Waals surface area contributed by atoms with E-state index in [0.717, 1.165) is 83.5 Å². The normalized spacial score (nSPS) is 12.1. The summed E-state index contributed by atoms with van der Waals surface area (Å²) in [7, 11) is 0. The third kappa shape index (κ3) is 66.7. The molecule has 0 radical (unpaired) electrons. The van der Waals surface area contributed by atoms with Gasteiger partial charge >= 0.3 is 17.9 Å². The van der Waals surface area contributed by atoms with Crippen LogP contribution in [0.5, 0.6) is 0 Å². The van der Waals surface area contributed by atoms with Crippen LogP contribution in [-0.2, 0) is 28.6 Å². The van der Waals surface area contributed by atoms with Crippen molar-refractivity contribution in [3.63, 3.8) is 0 Å². The van der Waals surface area contributed by atoms with Crippen LogP contribution in [0.1, 0.15) is 412 Å². The largest absolute Gasteiger partial charge is 0.462 e. The summed E-state index contributed by atoms with van der Waals surface area (Å²) in [6.45, 7) is 6.65. The Hall–Kier alpha value is -2.11. The van der Waals surface area contributed by atoms with Crippen LogP contribution in [0.4, 0.5) is 0 Å². The summed E-state index contributed by atoms with van der Waals surface area (Å²) < 4.78 is 17.0. The van der Waals surface area contributed by atoms with Crippen molar-refractivity contribution in [2.75, 3.05) is 13.2 Å². The number of allylic oxidation sites excluding steroid dienone is 4. The monoisotopic (exact) mass is 1130 g/mol. The fraction of sp³-hybridized carbons (Fsp3) is 0.905. The summed E-state index contributed by atoms with van der Waals surface area (Å²) in [5.41, 5.74) is 0. The zero-order valence-corrected chi connectivity index (χ0v) is 54.4. The van der Waals surface area contributed by atoms with Gasteiger partial charge in [-0.15, -0.1) is 0 Å². The fourth-order valence-corrected chi connectivity index (χ4v) is 11.3. The van der Waals surface area contributed by atoms with Crippen LogP contribution in [0, 0.1) is 0 Å². The number of hydrogen-bond acceptors (Lipinski definition) is 6. The molecular formula is C74H140O6. The minimum absolute atomic E-state index is 0.0693. The summed E-state index contributed by atoms with van der Waals surface area (Å²) in [4.78, 5) is 38.4. The Labute approximate surface area is 500 Å². The van der Waals surface area contributed by atoms with E-state index in [4.69, 9.17) is 14.2 Å². The first-order valence-electron chi connectivity index (χ1n) is 36.3. The van der Waals surface area contributed by atoms with Crippen molar-refractivity contribution in [3.8, 4) is 0 Å². The van der Waals surface area contributed by atoms with Gasteiger partial charge in [0.05, 0.1) is 0 Å². The van der Waals surface area contributed by atoms with Crippen LogP contribution in [0.15, 0.2) is 24.3 Å². The van der Waals surface area contributed by atoms with Gasteiger partial charge in [-0.1, -0.05) is 373 Å². The van der Waals surface area contributed by atoms with E-state index in [-0.39, 0.29) is 31.1 Å². The van der Waals surface area contributed by atoms with E-state index in [2.05, 4.69) is 45.1 Å². The maximum Gasteiger partial charge on any atom is 0.306 e. The minimum atomic E-state index is -0.774. The zero-order chi connectivity index (χ0) is 57.8. The molecule has 0 aliphatic rings. The Morgan fingerprint density at radius 2 is 0.475 bits per heavy atom. The lowest BCUT2D eigenvalue weighted by Gasteiger charge is -2.18. The Balaban J connectivity index is 4.17. The highest BCUT2D eigenvalue weighted by Crippen LogP contribution is 2.19. The predicted molar refractivity (Wildman–Crippen MR) is 349 cm³/mol. The number of carbonyl (C=O) groups excluding carboxylic acids is 3. The van der Waals surface area contributed by atoms with Gasteiger partial charge in [0.25, 0.3) is 0 Å². The average molecular weight is 1130 g/mol. The molecule has 472 valence electrons. The van der Waals surface area contributed by atoms with Crippen molar-refractivity contribution in [2.24, 2.45) is 0 Å². The van der Waals surface area contributed by atoms with Gasteiger partial charge in [-0.05, 0) is 44.9 Å². The maximum atomic E-state index is 12.9. The molecule has 1 unspecified atom stereocenters. The second-order valence-electron chi connectivity index (χ2n) is 24.9. The summed E-state index contributed by atoms with van der Waals surface area (Å²) in [6, 6.07) is 0. The van der Waals surface area contributed by atoms with E-state index in [9.17, 15) is 14.4 Å². The Morgan fingerprint density at radius 3 is 0.738 bits per heavy atom. The highest BCUT2D eigenvalue weighted by atomic mass is 16.6. The first-order valence-corrected chi connectivity index (χ1v) is 36.3. The molecule has 6 heteroatoms. The van der Waals surface area contributed by atoms with E-state index in [0.29, 0.717) is 19.3 Å². The number of hydrogen-bond donors (Lipinski definition) is 0. The number of unbranched alkanes of at least 4 members (excludes halogenated alkanes) is 53. The van der Waals surface area contributed by atoms with E-state index in [1.54, 1.807) is 0 Å². The lowest BCUT2D eigenvalue weighted by Crippen LogP contribution is -2.30. The van der Waals surface area contributed by atoms with Gasteiger partial charge in [0.2, 0.25) is 0 Å². The predicted octanol–water partition coefficient (Wildman–Crippen LogP) is 25.0. The topological polar surface area (TPSA) is 78.9 Å². The molecule has 80 heavy (non-hydrogen) atoms. The van der Waals surface area contributed by atoms with Crippen molar-refractivity contribution in [3.05, 3.63) is 24.3 Å². The first-order chi connectivity index (χ1) is 39.5. The van der Waals surface area contributed by atoms with Gasteiger partial charge < -0.3 is 14.2 Å². The SMILES string of the molecule is CCC/C=C\C/C=C\CCCCCCCC(=O)OCC(COC(=O)CCCCCCCCCCCCCCCCCCCCCCCCCCCCCC)OC(=O)CCCCCCCCCCCCCCCCCCCCCCC. The van der Waals surface area contributed by atoms with Crippen molar-refractivity contribution in [1.29, 1.82) is 0 Å². The third-order valence-corrected chi connectivity index (χ3v) is 16.7. The first kappa shape index (κ1) is 77.9. The van der Waals surface area contributed by atoms with Gasteiger partial charge in [-0.2, -0.15) is 0 Å². The number of esters is 3. The summed E-state index contributed by atoms with van der Waals surface area (Å²) >= 11 is 0. The quantitative estimate of drug-likeness (QED) is 0.0261. The van der Waals surface area contributed by atoms with Gasteiger partial charge in [-0.3, -0.25) is 14.4 Å². The molecule has 0 aromatic carbocycles. The van der Waals surface area contributed by atoms with Crippen molar-refractivity contribution in [1.82, 2.24) is 0 Å². The molecule has 0 fully saturated rings. The van der Waals surface area contributed by atoms with Gasteiger partial charge in [-0.25, -0.2) is 0 Å². The Kier molecular flexibility index (Phi) is 67.6. The molecule has 0 aliphatic heterocycles. The van der Waals surface area contributed by atoms with E-state index in [1.165, 1.54) is 289 Å². The number of carbonyl (C=O) groups is 3. The van der Waals surface area contributed by atoms with E-state index < -0.39 is 6.10 Å². The van der Waals surface area contributed by atoms with Crippen molar-refractivity contribution >= 4 is 17.9 Å². The molecule has 0 heterocycles. The van der Waals surface area contributed by atoms with Crippen LogP contribution in [0.2, 0.25) is 0 Å². The molecule has 0 aromatic rings. The third-order valence-electron chi connectivity index (χ3n) is 16.7. The zero-order valence-electron chi connectivity index (χ0n) is 54.4. The average Bonchev–Trinajstić information content (AvgIpc) is 3.46. The maximum absolute atomic E-state index is 12.9. The smallest absolute Gasteiger partial charge is 0.306 e. The Morgan fingerprint density at radius 1 is 0.250 bits per heavy atom. The molecule has 0 saturated carbocycles. The summed E-state index contributed by atoms with van der Waals surface area (Å²) in [5.74, 6) is -0.851. The molecular weight excluding hydrogens is 985 g/mol. The Bertz CT molecular complexity index is 1290. The van der Waals surface area contributed by atoms with Crippen LogP contribution in [-0.4, -0.2) is 37.2 Å². The molecule has 0 rings (SSSR count). The molecule has 0 spiro atoms. The highest BCUT2D eigenvalue weighted by Gasteiger charge is 2.19. The van der Waals surface area contributed by atoms with E-state index in [1.807, 2.05) is 0 Å². The molecule has 0 saturated heterocycles. The summed E-state index contributed by atoms with van der Waals surface area (Å²) in [5, 5.41) is 0. The number of ether oxygens (including phenoxy) is 3. The van der Waals surface area contributed by atoms with E-state index >= 15 is 0 Å². The van der Waals surface area contributed by atoms with Crippen LogP contribution < -0.4 is 0 Å². The fourth-order valence-electron chi connectivity index (χ4n) is 11.3. The van der Waals surface area contributed by atoms with Gasteiger partial charge in [0, 0.05) is 19.3 Å². The highest BCUT2D eigenvalue weighted by molar-refractivity contribution is 5.71. The molecule has 0 N–H and O–H groups in total. The standard InChI is InChI=1S/C74H140O6/c1-4-7-10-13-16-19-22-25-27-29-31-33-34-35-36-37-38-39-41-42-44-46-49-52-55-58-61-64-67-73(76)79-70-71(69-78-72(75)66-63-60-57-54-51-48-24-21-18-15-12-9-6-3)80-74(77)68-65-62-59-56-53-50-47-45-43-40-32-30-28-26-23-20-17-14-11-8-5-2/h12,15,21,24,71H,4-11,13-14,16-20,22-23,25-70H2,1-3H3/b15-12-,24-21-. The molecule has 0 bridgehead atoms. The second-order valence-corrected chi connectivity index (χ2v) is 24.9. The second kappa shape index (κ2) is 69.4. The van der Waals surface area contributed by atoms with Crippen molar-refractivity contribution in [2.45, 2.75) is 419 Å². The van der Waals surface area contributed by atoms with Crippen molar-refractivity contribution < 1.29 is 28.6 Å².